The van der Waals surface area contributed by atoms with Gasteiger partial charge in [0.1, 0.15) is 5.82 Å². The second-order valence-electron chi connectivity index (χ2n) is 4.88. The molecule has 21 heavy (non-hydrogen) atoms. The smallest absolute Gasteiger partial charge is 0.255 e. The Morgan fingerprint density at radius 1 is 1.38 bits per heavy atom. The average Bonchev–Trinajstić information content (AvgIpc) is 2.90. The van der Waals surface area contributed by atoms with Crippen LogP contribution in [0.1, 0.15) is 34.3 Å². The quantitative estimate of drug-likeness (QED) is 0.891. The van der Waals surface area contributed by atoms with Crippen molar-refractivity contribution >= 4 is 23.1 Å². The minimum atomic E-state index is -0.0302. The van der Waals surface area contributed by atoms with Crippen LogP contribution in [0, 0.1) is 6.92 Å². The van der Waals surface area contributed by atoms with Gasteiger partial charge in [0.25, 0.3) is 5.91 Å². The van der Waals surface area contributed by atoms with Crippen molar-refractivity contribution in [1.29, 1.82) is 0 Å². The minimum absolute atomic E-state index is 0.0302. The maximum Gasteiger partial charge on any atom is 0.255 e. The third-order valence-electron chi connectivity index (χ3n) is 3.14. The Labute approximate surface area is 129 Å². The summed E-state index contributed by atoms with van der Waals surface area (Å²) < 4.78 is 0. The molecule has 0 fully saturated rings. The third-order valence-corrected chi connectivity index (χ3v) is 4.06. The normalized spacial score (nSPS) is 10.4. The molecule has 0 aliphatic rings. The molecule has 0 saturated heterocycles. The minimum Gasteiger partial charge on any atom is -0.370 e. The van der Waals surface area contributed by atoms with Crippen LogP contribution < -0.4 is 5.32 Å². The van der Waals surface area contributed by atoms with E-state index in [1.807, 2.05) is 19.1 Å². The highest BCUT2D eigenvalue weighted by molar-refractivity contribution is 7.09. The van der Waals surface area contributed by atoms with Gasteiger partial charge in [0.05, 0.1) is 23.3 Å². The molecule has 6 heteroatoms. The zero-order valence-corrected chi connectivity index (χ0v) is 13.4. The van der Waals surface area contributed by atoms with E-state index in [-0.39, 0.29) is 5.91 Å². The molecule has 0 aromatic carbocycles. The molecule has 2 aromatic rings. The Morgan fingerprint density at radius 3 is 2.76 bits per heavy atom. The fourth-order valence-corrected chi connectivity index (χ4v) is 2.69. The lowest BCUT2D eigenvalue weighted by Gasteiger charge is -2.16. The summed E-state index contributed by atoms with van der Waals surface area (Å²) in [6.07, 6.45) is 2.66. The van der Waals surface area contributed by atoms with Gasteiger partial charge in [-0.05, 0) is 25.5 Å². The highest BCUT2D eigenvalue weighted by Gasteiger charge is 2.14. The number of thiazole rings is 1. The van der Waals surface area contributed by atoms with Gasteiger partial charge < -0.3 is 10.2 Å². The zero-order valence-electron chi connectivity index (χ0n) is 12.6. The van der Waals surface area contributed by atoms with E-state index in [4.69, 9.17) is 0 Å². The molecule has 1 N–H and O–H groups in total. The van der Waals surface area contributed by atoms with Gasteiger partial charge in [0.2, 0.25) is 0 Å². The number of pyridine rings is 1. The van der Waals surface area contributed by atoms with Crippen molar-refractivity contribution in [3.8, 4) is 0 Å². The first-order valence-corrected chi connectivity index (χ1v) is 7.84. The number of rotatable bonds is 6. The maximum atomic E-state index is 12.4. The number of nitrogens with one attached hydrogen (secondary N) is 1. The summed E-state index contributed by atoms with van der Waals surface area (Å²) in [5.41, 5.74) is 3.39. The van der Waals surface area contributed by atoms with Gasteiger partial charge in [-0.1, -0.05) is 6.92 Å². The fraction of sp³-hybridized carbons (Fsp3) is 0.400. The summed E-state index contributed by atoms with van der Waals surface area (Å²) in [7, 11) is 1.80. The van der Waals surface area contributed by atoms with Gasteiger partial charge in [-0.3, -0.25) is 4.79 Å². The first-order valence-electron chi connectivity index (χ1n) is 6.96. The van der Waals surface area contributed by atoms with Crippen LogP contribution in [0.2, 0.25) is 0 Å². The Hall–Kier alpha value is -1.95. The number of hydrogen-bond acceptors (Lipinski definition) is 5. The Balaban J connectivity index is 2.00. The zero-order chi connectivity index (χ0) is 15.2. The van der Waals surface area contributed by atoms with Crippen molar-refractivity contribution in [2.45, 2.75) is 26.8 Å². The monoisotopic (exact) mass is 304 g/mol. The molecule has 0 atom stereocenters. The Morgan fingerprint density at radius 2 is 2.19 bits per heavy atom. The molecular formula is C15H20N4OS. The van der Waals surface area contributed by atoms with E-state index in [2.05, 4.69) is 22.2 Å². The summed E-state index contributed by atoms with van der Waals surface area (Å²) in [4.78, 5) is 23.6. The fourth-order valence-electron chi connectivity index (χ4n) is 1.86. The lowest BCUT2D eigenvalue weighted by atomic mass is 10.2. The third kappa shape index (κ3) is 4.01. The molecule has 0 bridgehead atoms. The highest BCUT2D eigenvalue weighted by Crippen LogP contribution is 2.16. The summed E-state index contributed by atoms with van der Waals surface area (Å²) in [5, 5.41) is 3.19. The number of amides is 1. The Bertz CT molecular complexity index is 594. The molecule has 0 aliphatic carbocycles. The number of aryl methyl sites for hydroxylation is 1. The van der Waals surface area contributed by atoms with Crippen molar-refractivity contribution in [2.75, 3.05) is 18.9 Å². The van der Waals surface area contributed by atoms with Crippen LogP contribution in [0.15, 0.2) is 23.8 Å². The molecule has 112 valence electrons. The molecule has 0 aliphatic heterocycles. The second-order valence-corrected chi connectivity index (χ2v) is 5.82. The van der Waals surface area contributed by atoms with Crippen LogP contribution in [0.3, 0.4) is 0 Å². The topological polar surface area (TPSA) is 58.1 Å². The molecule has 0 saturated carbocycles. The van der Waals surface area contributed by atoms with Crippen LogP contribution in [0.25, 0.3) is 0 Å². The number of hydrogen-bond donors (Lipinski definition) is 1. The Kier molecular flexibility index (Phi) is 5.27. The predicted molar refractivity (Wildman–Crippen MR) is 85.7 cm³/mol. The van der Waals surface area contributed by atoms with E-state index in [9.17, 15) is 4.79 Å². The van der Waals surface area contributed by atoms with E-state index in [1.165, 1.54) is 0 Å². The molecule has 0 unspecified atom stereocenters. The van der Waals surface area contributed by atoms with Gasteiger partial charge in [0.15, 0.2) is 0 Å². The predicted octanol–water partition coefficient (Wildman–Crippen LogP) is 2.94. The molecule has 2 rings (SSSR count). The highest BCUT2D eigenvalue weighted by atomic mass is 32.1. The van der Waals surface area contributed by atoms with E-state index in [0.717, 1.165) is 29.4 Å². The van der Waals surface area contributed by atoms with Crippen LogP contribution in [0.5, 0.6) is 0 Å². The van der Waals surface area contributed by atoms with Gasteiger partial charge in [-0.15, -0.1) is 11.3 Å². The van der Waals surface area contributed by atoms with Crippen LogP contribution >= 0.6 is 11.3 Å². The van der Waals surface area contributed by atoms with E-state index in [1.54, 1.807) is 35.0 Å². The van der Waals surface area contributed by atoms with E-state index < -0.39 is 0 Å². The average molecular weight is 304 g/mol. The summed E-state index contributed by atoms with van der Waals surface area (Å²) in [6.45, 7) is 5.51. The lowest BCUT2D eigenvalue weighted by molar-refractivity contribution is 0.0786. The first-order chi connectivity index (χ1) is 10.1. The number of nitrogens with zero attached hydrogens (tertiary/aromatic N) is 3. The standard InChI is InChI=1S/C15H20N4OS/c1-4-7-16-14-6-5-12(8-17-14)15(20)19(3)9-13-11(2)18-10-21-13/h5-6,8,10H,4,7,9H2,1-3H3,(H,16,17). The van der Waals surface area contributed by atoms with E-state index >= 15 is 0 Å². The lowest BCUT2D eigenvalue weighted by Crippen LogP contribution is -2.26. The number of anilines is 1. The summed E-state index contributed by atoms with van der Waals surface area (Å²) >= 11 is 1.57. The van der Waals surface area contributed by atoms with Gasteiger partial charge >= 0.3 is 0 Å². The molecule has 2 heterocycles. The molecule has 5 nitrogen and oxygen atoms in total. The summed E-state index contributed by atoms with van der Waals surface area (Å²) in [5.74, 6) is 0.770. The molecule has 2 aromatic heterocycles. The second kappa shape index (κ2) is 7.17. The van der Waals surface area contributed by atoms with Crippen molar-refractivity contribution in [1.82, 2.24) is 14.9 Å². The van der Waals surface area contributed by atoms with Crippen molar-refractivity contribution in [3.05, 3.63) is 40.0 Å². The van der Waals surface area contributed by atoms with Crippen molar-refractivity contribution in [3.63, 3.8) is 0 Å². The van der Waals surface area contributed by atoms with Crippen molar-refractivity contribution < 1.29 is 4.79 Å². The molecule has 0 spiro atoms. The van der Waals surface area contributed by atoms with Crippen molar-refractivity contribution in [2.24, 2.45) is 0 Å². The van der Waals surface area contributed by atoms with Gasteiger partial charge in [-0.2, -0.15) is 0 Å². The van der Waals surface area contributed by atoms with Gasteiger partial charge in [-0.25, -0.2) is 9.97 Å². The number of aromatic nitrogens is 2. The summed E-state index contributed by atoms with van der Waals surface area (Å²) in [6, 6.07) is 3.65. The molecule has 0 radical (unpaired) electrons. The van der Waals surface area contributed by atoms with E-state index in [0.29, 0.717) is 12.1 Å². The SMILES string of the molecule is CCCNc1ccc(C(=O)N(C)Cc2scnc2C)cn1. The number of carbonyl (C=O) groups excluding carboxylic acids is 1. The maximum absolute atomic E-state index is 12.4. The number of carbonyl (C=O) groups is 1. The van der Waals surface area contributed by atoms with Crippen LogP contribution in [-0.4, -0.2) is 34.4 Å². The molecular weight excluding hydrogens is 284 g/mol. The first kappa shape index (κ1) is 15.4. The van der Waals surface area contributed by atoms with Crippen LogP contribution in [0.4, 0.5) is 5.82 Å². The van der Waals surface area contributed by atoms with Crippen LogP contribution in [-0.2, 0) is 6.54 Å². The van der Waals surface area contributed by atoms with Gasteiger partial charge in [0, 0.05) is 24.7 Å². The molecule has 1 amide bonds. The largest absolute Gasteiger partial charge is 0.370 e.